The molecule has 5 heterocycles. The van der Waals surface area contributed by atoms with Crippen molar-refractivity contribution in [3.8, 4) is 33.8 Å². The van der Waals surface area contributed by atoms with Gasteiger partial charge in [-0.05, 0) is 54.5 Å². The fraction of sp³-hybridized carbons (Fsp3) is 0.283. The molecular weight excluding hydrogens is 743 g/mol. The van der Waals surface area contributed by atoms with Gasteiger partial charge in [-0.15, -0.1) is 0 Å². The highest BCUT2D eigenvalue weighted by molar-refractivity contribution is 5.88. The minimum absolute atomic E-state index is 0.0226. The van der Waals surface area contributed by atoms with Crippen molar-refractivity contribution in [3.63, 3.8) is 0 Å². The van der Waals surface area contributed by atoms with E-state index in [1.807, 2.05) is 119 Å². The van der Waals surface area contributed by atoms with Crippen molar-refractivity contribution in [3.05, 3.63) is 138 Å². The number of aromatic amines is 2. The molecule has 0 bridgehead atoms. The second kappa shape index (κ2) is 17.3. The van der Waals surface area contributed by atoms with E-state index in [1.54, 1.807) is 6.20 Å². The molecule has 0 spiro atoms. The molecule has 13 heteroatoms. The maximum absolute atomic E-state index is 14.0. The summed E-state index contributed by atoms with van der Waals surface area (Å²) >= 11 is 0. The third-order valence-electron chi connectivity index (χ3n) is 11.2. The van der Waals surface area contributed by atoms with E-state index in [0.717, 1.165) is 76.4 Å². The Labute approximate surface area is 342 Å². The van der Waals surface area contributed by atoms with Crippen molar-refractivity contribution in [2.45, 2.75) is 63.6 Å². The van der Waals surface area contributed by atoms with E-state index >= 15 is 0 Å². The fourth-order valence-corrected chi connectivity index (χ4v) is 8.26. The van der Waals surface area contributed by atoms with Crippen molar-refractivity contribution >= 4 is 23.6 Å². The molecule has 13 nitrogen and oxygen atoms in total. The lowest BCUT2D eigenvalue weighted by molar-refractivity contribution is -0.137. The molecule has 300 valence electrons. The predicted octanol–water partition coefficient (Wildman–Crippen LogP) is 6.65. The highest BCUT2D eigenvalue weighted by Gasteiger charge is 2.38. The first-order chi connectivity index (χ1) is 28.7. The van der Waals surface area contributed by atoms with Crippen molar-refractivity contribution in [2.75, 3.05) is 19.6 Å². The van der Waals surface area contributed by atoms with Crippen LogP contribution < -0.4 is 10.6 Å². The summed E-state index contributed by atoms with van der Waals surface area (Å²) in [4.78, 5) is 76.4. The lowest BCUT2D eigenvalue weighted by Gasteiger charge is -2.28. The first-order valence-corrected chi connectivity index (χ1v) is 20.1. The number of benzene rings is 3. The molecule has 4 amide bonds. The van der Waals surface area contributed by atoms with E-state index < -0.39 is 12.0 Å². The van der Waals surface area contributed by atoms with Crippen molar-refractivity contribution in [1.82, 2.24) is 45.4 Å². The fourth-order valence-electron chi connectivity index (χ4n) is 8.26. The van der Waals surface area contributed by atoms with Gasteiger partial charge in [-0.3, -0.25) is 24.2 Å². The molecule has 2 saturated heterocycles. The molecule has 2 aliphatic heterocycles. The maximum Gasteiger partial charge on any atom is 0.250 e. The molecular formula is C46H47N9O4. The van der Waals surface area contributed by atoms with Crippen molar-refractivity contribution < 1.29 is 19.2 Å². The topological polar surface area (TPSA) is 169 Å². The zero-order valence-electron chi connectivity index (χ0n) is 33.1. The maximum atomic E-state index is 14.0. The molecule has 8 rings (SSSR count). The highest BCUT2D eigenvalue weighted by atomic mass is 16.2. The van der Waals surface area contributed by atoms with Gasteiger partial charge in [-0.1, -0.05) is 84.9 Å². The van der Waals surface area contributed by atoms with Crippen molar-refractivity contribution in [2.24, 2.45) is 0 Å². The molecule has 3 aromatic carbocycles. The molecule has 4 atom stereocenters. The number of nitrogens with one attached hydrogen (secondary N) is 4. The van der Waals surface area contributed by atoms with Gasteiger partial charge in [0, 0.05) is 50.8 Å². The van der Waals surface area contributed by atoms with Crippen LogP contribution in [0.1, 0.15) is 86.3 Å². The molecule has 2 aliphatic rings. The van der Waals surface area contributed by atoms with Crippen LogP contribution in [0.4, 0.5) is 0 Å². The molecule has 0 aliphatic carbocycles. The summed E-state index contributed by atoms with van der Waals surface area (Å²) in [6.07, 6.45) is 8.67. The largest absolute Gasteiger partial charge is 0.355 e. The number of carbonyl (C=O) groups excluding carboxylic acids is 4. The Bertz CT molecular complexity index is 2410. The van der Waals surface area contributed by atoms with E-state index in [-0.39, 0.29) is 42.3 Å². The third-order valence-corrected chi connectivity index (χ3v) is 11.2. The molecule has 0 saturated carbocycles. The first-order valence-electron chi connectivity index (χ1n) is 20.1. The standard InChI is InChI=1S/C46H47N9O4/c1-29(56)47-26-36(31-11-5-3-6-12-31)45(58)54-23-9-15-40(54)43-49-27-38(52-43)33-19-17-32(18-20-33)37-22-21-35(25-48-37)39-28-50-44(53-39)41-16-10-24-55(41)46(59)42(51-30(2)57)34-13-7-4-8-14-34/h3-8,11-14,17-22,25,27-28,36,40-42H,9-10,15-16,23-24,26H2,1-2H3,(H,47,56)(H,49,52)(H,50,53)(H,51,57)/t36-,40+,41+,42-/m1/s1. The summed E-state index contributed by atoms with van der Waals surface area (Å²) < 4.78 is 0. The number of likely N-dealkylation sites (tertiary alicyclic amines) is 2. The van der Waals surface area contributed by atoms with Crippen molar-refractivity contribution in [1.29, 1.82) is 0 Å². The number of nitrogens with zero attached hydrogens (tertiary/aromatic N) is 5. The summed E-state index contributed by atoms with van der Waals surface area (Å²) in [6.45, 7) is 4.33. The molecule has 0 radical (unpaired) electrons. The zero-order chi connectivity index (χ0) is 40.9. The second-order valence-corrected chi connectivity index (χ2v) is 15.2. The van der Waals surface area contributed by atoms with Crippen LogP contribution in [0.15, 0.2) is 116 Å². The molecule has 4 N–H and O–H groups in total. The van der Waals surface area contributed by atoms with Crippen LogP contribution in [0.5, 0.6) is 0 Å². The van der Waals surface area contributed by atoms with E-state index in [0.29, 0.717) is 18.9 Å². The summed E-state index contributed by atoms with van der Waals surface area (Å²) in [5.74, 6) is 0.347. The quantitative estimate of drug-likeness (QED) is 0.108. The smallest absolute Gasteiger partial charge is 0.250 e. The van der Waals surface area contributed by atoms with Crippen LogP contribution in [-0.4, -0.2) is 78.0 Å². The van der Waals surface area contributed by atoms with Crippen LogP contribution in [0.3, 0.4) is 0 Å². The normalized spacial score (nSPS) is 17.4. The minimum atomic E-state index is -0.770. The number of H-pyrrole nitrogens is 2. The number of imidazole rings is 2. The Balaban J connectivity index is 0.926. The second-order valence-electron chi connectivity index (χ2n) is 15.2. The average molecular weight is 790 g/mol. The number of hydrogen-bond acceptors (Lipinski definition) is 7. The van der Waals surface area contributed by atoms with Gasteiger partial charge in [0.1, 0.15) is 17.7 Å². The van der Waals surface area contributed by atoms with Gasteiger partial charge in [0.2, 0.25) is 23.6 Å². The van der Waals surface area contributed by atoms with Gasteiger partial charge in [0.15, 0.2) is 0 Å². The average Bonchev–Trinajstić information content (AvgIpc) is 4.11. The van der Waals surface area contributed by atoms with E-state index in [4.69, 9.17) is 9.97 Å². The molecule has 6 aromatic rings. The van der Waals surface area contributed by atoms with Gasteiger partial charge >= 0.3 is 0 Å². The summed E-state index contributed by atoms with van der Waals surface area (Å²) in [6, 6.07) is 29.8. The van der Waals surface area contributed by atoms with Gasteiger partial charge in [-0.2, -0.15) is 0 Å². The number of carbonyl (C=O) groups is 4. The summed E-state index contributed by atoms with van der Waals surface area (Å²) in [5.41, 5.74) is 6.87. The zero-order valence-corrected chi connectivity index (χ0v) is 33.1. The summed E-state index contributed by atoms with van der Waals surface area (Å²) in [7, 11) is 0. The van der Waals surface area contributed by atoms with E-state index in [1.165, 1.54) is 13.8 Å². The van der Waals surface area contributed by atoms with Crippen LogP contribution in [0, 0.1) is 0 Å². The van der Waals surface area contributed by atoms with Gasteiger partial charge in [0.05, 0.1) is 47.5 Å². The van der Waals surface area contributed by atoms with Gasteiger partial charge < -0.3 is 30.4 Å². The molecule has 59 heavy (non-hydrogen) atoms. The number of hydrogen-bond donors (Lipinski definition) is 4. The highest BCUT2D eigenvalue weighted by Crippen LogP contribution is 2.36. The predicted molar refractivity (Wildman–Crippen MR) is 223 cm³/mol. The molecule has 0 unspecified atom stereocenters. The van der Waals surface area contributed by atoms with Gasteiger partial charge in [0.25, 0.3) is 0 Å². The van der Waals surface area contributed by atoms with E-state index in [2.05, 4.69) is 25.6 Å². The van der Waals surface area contributed by atoms with Crippen LogP contribution in [0.25, 0.3) is 33.8 Å². The molecule has 2 fully saturated rings. The number of amides is 4. The third kappa shape index (κ3) is 8.54. The minimum Gasteiger partial charge on any atom is -0.355 e. The SMILES string of the molecule is CC(=O)NC[C@@H](C(=O)N1CCC[C@H]1c1ncc(-c2ccc(-c3ccc(-c4cnc([C@@H]5CCCN5C(=O)[C@H](NC(C)=O)c5ccccc5)[nH]4)cn3)cc2)[nH]1)c1ccccc1. The Morgan fingerprint density at radius 3 is 1.73 bits per heavy atom. The monoisotopic (exact) mass is 789 g/mol. The first kappa shape index (κ1) is 39.0. The number of aromatic nitrogens is 5. The Morgan fingerprint density at radius 2 is 1.17 bits per heavy atom. The van der Waals surface area contributed by atoms with E-state index in [9.17, 15) is 19.2 Å². The Morgan fingerprint density at radius 1 is 0.627 bits per heavy atom. The molecule has 3 aromatic heterocycles. The number of rotatable bonds is 12. The summed E-state index contributed by atoms with van der Waals surface area (Å²) in [5, 5.41) is 5.68. The lowest BCUT2D eigenvalue weighted by atomic mass is 9.97. The van der Waals surface area contributed by atoms with Crippen LogP contribution in [-0.2, 0) is 19.2 Å². The van der Waals surface area contributed by atoms with Gasteiger partial charge in [-0.25, -0.2) is 9.97 Å². The Kier molecular flexibility index (Phi) is 11.4. The van der Waals surface area contributed by atoms with Crippen LogP contribution in [0.2, 0.25) is 0 Å². The Hall–Kier alpha value is -6.89. The van der Waals surface area contributed by atoms with Crippen LogP contribution >= 0.6 is 0 Å². The number of pyridine rings is 1. The lowest BCUT2D eigenvalue weighted by Crippen LogP contribution is -2.42.